The monoisotopic (exact) mass is 403 g/mol. The molecule has 1 N–H and O–H groups in total. The Balaban J connectivity index is 1.24. The van der Waals surface area contributed by atoms with E-state index in [-0.39, 0.29) is 11.8 Å². The second kappa shape index (κ2) is 7.39. The van der Waals surface area contributed by atoms with Crippen molar-refractivity contribution in [2.45, 2.75) is 5.92 Å². The summed E-state index contributed by atoms with van der Waals surface area (Å²) in [5.41, 5.74) is 1.97. The van der Waals surface area contributed by atoms with Gasteiger partial charge in [-0.3, -0.25) is 9.89 Å². The molecule has 0 aliphatic carbocycles. The maximum atomic E-state index is 12.7. The van der Waals surface area contributed by atoms with Crippen molar-refractivity contribution in [3.05, 3.63) is 60.4 Å². The van der Waals surface area contributed by atoms with E-state index in [0.717, 1.165) is 11.3 Å². The molecule has 1 fully saturated rings. The molecule has 0 atom stereocenters. The molecule has 0 saturated carbocycles. The number of hydrogen-bond acceptors (Lipinski definition) is 8. The number of benzene rings is 1. The number of ether oxygens (including phenoxy) is 1. The zero-order valence-electron chi connectivity index (χ0n) is 16.0. The number of carbonyl (C=O) groups is 1. The highest BCUT2D eigenvalue weighted by Gasteiger charge is 2.36. The Kier molecular flexibility index (Phi) is 4.43. The summed E-state index contributed by atoms with van der Waals surface area (Å²) in [6.07, 6.45) is 3.23. The fourth-order valence-corrected chi connectivity index (χ4v) is 3.24. The normalized spacial score (nSPS) is 13.8. The molecular weight excluding hydrogens is 386 g/mol. The summed E-state index contributed by atoms with van der Waals surface area (Å²) in [6, 6.07) is 11.0. The first-order valence-corrected chi connectivity index (χ1v) is 9.31. The van der Waals surface area contributed by atoms with Crippen molar-refractivity contribution >= 4 is 5.91 Å². The predicted octanol–water partition coefficient (Wildman–Crippen LogP) is 2.16. The zero-order valence-corrected chi connectivity index (χ0v) is 16.0. The van der Waals surface area contributed by atoms with Crippen LogP contribution in [0.1, 0.15) is 22.3 Å². The predicted molar refractivity (Wildman–Crippen MR) is 105 cm³/mol. The molecule has 5 rings (SSSR count). The van der Waals surface area contributed by atoms with Gasteiger partial charge < -0.3 is 14.2 Å². The molecule has 1 aromatic carbocycles. The average molecular weight is 403 g/mol. The van der Waals surface area contributed by atoms with E-state index in [9.17, 15) is 4.79 Å². The number of methoxy groups -OCH3 is 1. The third-order valence-corrected chi connectivity index (χ3v) is 4.90. The van der Waals surface area contributed by atoms with Gasteiger partial charge in [0, 0.05) is 31.0 Å². The zero-order chi connectivity index (χ0) is 20.5. The molecule has 1 amide bonds. The van der Waals surface area contributed by atoms with Gasteiger partial charge in [-0.25, -0.2) is 9.97 Å². The Bertz CT molecular complexity index is 1180. The van der Waals surface area contributed by atoms with Crippen LogP contribution in [0.25, 0.3) is 22.9 Å². The standard InChI is InChI=1S/C20H17N7O3/c1-29-14-5-2-4-12(8-14)15-9-16(25-24-15)20(28)27-10-13(11-27)19-23-18(26-30-19)17-21-6-3-7-22-17/h2-9,13H,10-11H2,1H3,(H,24,25). The summed E-state index contributed by atoms with van der Waals surface area (Å²) < 4.78 is 10.6. The number of aromatic amines is 1. The first kappa shape index (κ1) is 18.0. The molecule has 4 heterocycles. The van der Waals surface area contributed by atoms with Gasteiger partial charge in [-0.1, -0.05) is 17.3 Å². The second-order valence-corrected chi connectivity index (χ2v) is 6.83. The topological polar surface area (TPSA) is 123 Å². The number of carbonyl (C=O) groups excluding carboxylic acids is 1. The molecule has 1 aliphatic heterocycles. The van der Waals surface area contributed by atoms with Crippen LogP contribution < -0.4 is 4.74 Å². The van der Waals surface area contributed by atoms with Gasteiger partial charge in [0.25, 0.3) is 5.91 Å². The van der Waals surface area contributed by atoms with Crippen molar-refractivity contribution in [3.8, 4) is 28.7 Å². The SMILES string of the molecule is COc1cccc(-c2cc(C(=O)N3CC(c4nc(-c5ncccn5)no4)C3)[nH]n2)c1. The second-order valence-electron chi connectivity index (χ2n) is 6.83. The maximum absolute atomic E-state index is 12.7. The third-order valence-electron chi connectivity index (χ3n) is 4.90. The largest absolute Gasteiger partial charge is 0.497 e. The lowest BCUT2D eigenvalue weighted by molar-refractivity contribution is 0.0563. The van der Waals surface area contributed by atoms with Crippen molar-refractivity contribution in [2.75, 3.05) is 20.2 Å². The Morgan fingerprint density at radius 1 is 1.17 bits per heavy atom. The molecule has 0 spiro atoms. The molecule has 0 unspecified atom stereocenters. The summed E-state index contributed by atoms with van der Waals surface area (Å²) in [5.74, 6) is 1.81. The molecule has 1 saturated heterocycles. The summed E-state index contributed by atoms with van der Waals surface area (Å²) in [6.45, 7) is 0.979. The Morgan fingerprint density at radius 3 is 2.80 bits per heavy atom. The van der Waals surface area contributed by atoms with Crippen LogP contribution in [0, 0.1) is 0 Å². The number of likely N-dealkylation sites (tertiary alicyclic amines) is 1. The Hall–Kier alpha value is -4.08. The highest BCUT2D eigenvalue weighted by molar-refractivity contribution is 5.94. The van der Waals surface area contributed by atoms with Gasteiger partial charge in [-0.2, -0.15) is 10.1 Å². The Labute approximate surface area is 170 Å². The molecule has 0 bridgehead atoms. The number of nitrogens with zero attached hydrogens (tertiary/aromatic N) is 6. The van der Waals surface area contributed by atoms with Gasteiger partial charge in [0.15, 0.2) is 0 Å². The minimum atomic E-state index is -0.126. The van der Waals surface area contributed by atoms with Crippen molar-refractivity contribution in [1.82, 2.24) is 35.2 Å². The lowest BCUT2D eigenvalue weighted by Gasteiger charge is -2.36. The average Bonchev–Trinajstić information content (AvgIpc) is 3.44. The van der Waals surface area contributed by atoms with E-state index in [4.69, 9.17) is 9.26 Å². The summed E-state index contributed by atoms with van der Waals surface area (Å²) in [4.78, 5) is 27.0. The van der Waals surface area contributed by atoms with Crippen LogP contribution in [0.3, 0.4) is 0 Å². The van der Waals surface area contributed by atoms with Crippen molar-refractivity contribution < 1.29 is 14.1 Å². The number of hydrogen-bond donors (Lipinski definition) is 1. The number of nitrogens with one attached hydrogen (secondary N) is 1. The molecule has 10 heteroatoms. The van der Waals surface area contributed by atoms with Crippen LogP contribution in [-0.2, 0) is 0 Å². The quantitative estimate of drug-likeness (QED) is 0.538. The summed E-state index contributed by atoms with van der Waals surface area (Å²) >= 11 is 0. The first-order chi connectivity index (χ1) is 14.7. The third kappa shape index (κ3) is 3.28. The lowest BCUT2D eigenvalue weighted by Crippen LogP contribution is -2.48. The highest BCUT2D eigenvalue weighted by atomic mass is 16.5. The Morgan fingerprint density at radius 2 is 2.00 bits per heavy atom. The number of rotatable bonds is 5. The van der Waals surface area contributed by atoms with Gasteiger partial charge in [0.1, 0.15) is 11.4 Å². The van der Waals surface area contributed by atoms with Gasteiger partial charge in [0.2, 0.25) is 17.5 Å². The van der Waals surface area contributed by atoms with E-state index in [0.29, 0.717) is 42.0 Å². The molecule has 30 heavy (non-hydrogen) atoms. The fraction of sp³-hybridized carbons (Fsp3) is 0.200. The van der Waals surface area contributed by atoms with Crippen molar-refractivity contribution in [1.29, 1.82) is 0 Å². The van der Waals surface area contributed by atoms with Crippen LogP contribution in [0.2, 0.25) is 0 Å². The minimum absolute atomic E-state index is 0.0142. The smallest absolute Gasteiger partial charge is 0.271 e. The van der Waals surface area contributed by atoms with E-state index in [1.165, 1.54) is 0 Å². The molecule has 0 radical (unpaired) electrons. The van der Waals surface area contributed by atoms with Gasteiger partial charge in [0.05, 0.1) is 18.7 Å². The molecule has 4 aromatic rings. The van der Waals surface area contributed by atoms with E-state index in [1.54, 1.807) is 36.5 Å². The van der Waals surface area contributed by atoms with E-state index >= 15 is 0 Å². The van der Waals surface area contributed by atoms with Crippen LogP contribution >= 0.6 is 0 Å². The van der Waals surface area contributed by atoms with Crippen LogP contribution in [0.4, 0.5) is 0 Å². The van der Waals surface area contributed by atoms with Gasteiger partial charge in [-0.15, -0.1) is 0 Å². The van der Waals surface area contributed by atoms with Crippen molar-refractivity contribution in [3.63, 3.8) is 0 Å². The van der Waals surface area contributed by atoms with Crippen LogP contribution in [0.15, 0.2) is 53.3 Å². The van der Waals surface area contributed by atoms with E-state index < -0.39 is 0 Å². The highest BCUT2D eigenvalue weighted by Crippen LogP contribution is 2.29. The van der Waals surface area contributed by atoms with E-state index in [2.05, 4.69) is 30.3 Å². The summed E-state index contributed by atoms with van der Waals surface area (Å²) in [7, 11) is 1.61. The first-order valence-electron chi connectivity index (χ1n) is 9.31. The number of amides is 1. The molecule has 10 nitrogen and oxygen atoms in total. The van der Waals surface area contributed by atoms with Crippen LogP contribution in [0.5, 0.6) is 5.75 Å². The maximum Gasteiger partial charge on any atom is 0.271 e. The van der Waals surface area contributed by atoms with Crippen molar-refractivity contribution in [2.24, 2.45) is 0 Å². The lowest BCUT2D eigenvalue weighted by atomic mass is 9.99. The van der Waals surface area contributed by atoms with Gasteiger partial charge >= 0.3 is 0 Å². The molecular formula is C20H17N7O3. The van der Waals surface area contributed by atoms with Gasteiger partial charge in [-0.05, 0) is 24.3 Å². The minimum Gasteiger partial charge on any atom is -0.497 e. The number of aromatic nitrogens is 6. The molecule has 150 valence electrons. The van der Waals surface area contributed by atoms with E-state index in [1.807, 2.05) is 24.3 Å². The molecule has 3 aromatic heterocycles. The fourth-order valence-electron chi connectivity index (χ4n) is 3.24. The van der Waals surface area contributed by atoms with Crippen LogP contribution in [-0.4, -0.2) is 61.3 Å². The molecule has 1 aliphatic rings. The number of H-pyrrole nitrogens is 1. The summed E-state index contributed by atoms with van der Waals surface area (Å²) in [5, 5.41) is 11.0.